The van der Waals surface area contributed by atoms with Crippen molar-refractivity contribution >= 4 is 17.8 Å². The van der Waals surface area contributed by atoms with Crippen LogP contribution >= 0.6 is 0 Å². The third kappa shape index (κ3) is 6.22. The molecule has 0 heterocycles. The molecule has 0 aromatic rings. The second kappa shape index (κ2) is 6.37. The molecule has 0 spiro atoms. The second-order valence-electron chi connectivity index (χ2n) is 5.55. The summed E-state index contributed by atoms with van der Waals surface area (Å²) in [5, 5.41) is 9.07. The van der Waals surface area contributed by atoms with Crippen molar-refractivity contribution in [3.8, 4) is 0 Å². The fraction of sp³-hybridized carbons (Fsp3) is 0.750. The number of aliphatic carboxylic acids is 1. The van der Waals surface area contributed by atoms with E-state index in [-0.39, 0.29) is 17.7 Å². The Bertz CT molecular complexity index is 333. The summed E-state index contributed by atoms with van der Waals surface area (Å²) < 4.78 is 0. The Labute approximate surface area is 107 Å². The third-order valence-corrected chi connectivity index (χ3v) is 2.56. The Morgan fingerprint density at radius 3 is 2.06 bits per heavy atom. The average Bonchev–Trinajstić information content (AvgIpc) is 2.12. The van der Waals surface area contributed by atoms with Crippen LogP contribution in [0.4, 0.5) is 0 Å². The summed E-state index contributed by atoms with van der Waals surface area (Å²) in [4.78, 5) is 34.7. The van der Waals surface area contributed by atoms with Gasteiger partial charge in [0.15, 0.2) is 0 Å². The number of primary amides is 1. The molecule has 6 nitrogen and oxygen atoms in total. The van der Waals surface area contributed by atoms with Crippen molar-refractivity contribution in [1.82, 2.24) is 4.90 Å². The smallest absolute Gasteiger partial charge is 0.326 e. The molecule has 3 N–H and O–H groups in total. The minimum Gasteiger partial charge on any atom is -0.480 e. The lowest BCUT2D eigenvalue weighted by atomic mass is 9.91. The lowest BCUT2D eigenvalue weighted by Gasteiger charge is -2.30. The minimum absolute atomic E-state index is 0.0243. The van der Waals surface area contributed by atoms with Crippen molar-refractivity contribution in [2.24, 2.45) is 11.1 Å². The second-order valence-corrected chi connectivity index (χ2v) is 5.55. The molecule has 0 aliphatic heterocycles. The number of hydrogen-bond acceptors (Lipinski definition) is 3. The summed E-state index contributed by atoms with van der Waals surface area (Å²) in [5.41, 5.74) is 4.99. The molecule has 0 saturated heterocycles. The van der Waals surface area contributed by atoms with E-state index < -0.39 is 17.9 Å². The largest absolute Gasteiger partial charge is 0.480 e. The summed E-state index contributed by atoms with van der Waals surface area (Å²) >= 11 is 0. The highest BCUT2D eigenvalue weighted by molar-refractivity contribution is 5.87. The first-order valence-electron chi connectivity index (χ1n) is 5.83. The highest BCUT2D eigenvalue weighted by Gasteiger charge is 2.30. The number of amides is 2. The van der Waals surface area contributed by atoms with Crippen molar-refractivity contribution in [3.63, 3.8) is 0 Å². The van der Waals surface area contributed by atoms with E-state index in [1.807, 2.05) is 20.8 Å². The number of hydrogen-bond donors (Lipinski definition) is 2. The Kier molecular flexibility index (Phi) is 5.81. The van der Waals surface area contributed by atoms with Gasteiger partial charge in [0.1, 0.15) is 6.04 Å². The summed E-state index contributed by atoms with van der Waals surface area (Å²) in [6, 6.07) is -1.18. The minimum atomic E-state index is -1.21. The van der Waals surface area contributed by atoms with Gasteiger partial charge in [-0.25, -0.2) is 4.79 Å². The molecule has 0 aromatic carbocycles. The lowest BCUT2D eigenvalue weighted by molar-refractivity contribution is -0.151. The topological polar surface area (TPSA) is 101 Å². The molecule has 0 bridgehead atoms. The number of carboxylic acid groups (broad SMARTS) is 1. The zero-order chi connectivity index (χ0) is 14.5. The van der Waals surface area contributed by atoms with Gasteiger partial charge >= 0.3 is 5.97 Å². The molecule has 2 amide bonds. The van der Waals surface area contributed by atoms with Crippen LogP contribution in [-0.2, 0) is 14.4 Å². The molecule has 104 valence electrons. The molecule has 1 atom stereocenters. The lowest BCUT2D eigenvalue weighted by Crippen LogP contribution is -2.47. The quantitative estimate of drug-likeness (QED) is 0.728. The summed E-state index contributed by atoms with van der Waals surface area (Å²) in [7, 11) is 0. The van der Waals surface area contributed by atoms with Gasteiger partial charge in [-0.05, 0) is 11.8 Å². The average molecular weight is 258 g/mol. The molecule has 0 saturated carbocycles. The van der Waals surface area contributed by atoms with E-state index in [4.69, 9.17) is 10.8 Å². The highest BCUT2D eigenvalue weighted by atomic mass is 16.4. The number of carboxylic acids is 1. The fourth-order valence-corrected chi connectivity index (χ4v) is 1.51. The Morgan fingerprint density at radius 1 is 1.28 bits per heavy atom. The Balaban J connectivity index is 4.87. The monoisotopic (exact) mass is 258 g/mol. The van der Waals surface area contributed by atoms with Crippen LogP contribution in [0, 0.1) is 5.41 Å². The maximum atomic E-state index is 11.5. The van der Waals surface area contributed by atoms with E-state index in [0.717, 1.165) is 0 Å². The fourth-order valence-electron chi connectivity index (χ4n) is 1.51. The van der Waals surface area contributed by atoms with Crippen LogP contribution in [0.25, 0.3) is 0 Å². The van der Waals surface area contributed by atoms with E-state index in [9.17, 15) is 14.4 Å². The molecule has 18 heavy (non-hydrogen) atoms. The first kappa shape index (κ1) is 16.4. The van der Waals surface area contributed by atoms with Crippen molar-refractivity contribution in [3.05, 3.63) is 0 Å². The van der Waals surface area contributed by atoms with Gasteiger partial charge in [0.25, 0.3) is 0 Å². The van der Waals surface area contributed by atoms with E-state index in [2.05, 4.69) is 0 Å². The number of carbonyl (C=O) groups is 3. The number of rotatable bonds is 6. The van der Waals surface area contributed by atoms with Gasteiger partial charge in [0.2, 0.25) is 11.8 Å². The molecular weight excluding hydrogens is 236 g/mol. The van der Waals surface area contributed by atoms with E-state index >= 15 is 0 Å². The molecule has 0 aliphatic carbocycles. The maximum absolute atomic E-state index is 11.5. The number of carbonyl (C=O) groups excluding carboxylic acids is 2. The van der Waals surface area contributed by atoms with Crippen LogP contribution in [0.2, 0.25) is 0 Å². The van der Waals surface area contributed by atoms with Gasteiger partial charge in [-0.3, -0.25) is 9.59 Å². The standard InChI is InChI=1S/C12H22N2O4/c1-8(15)14(6-5-12(2,3)4)9(11(17)18)7-10(13)16/h9H,5-7H2,1-4H3,(H2,13,16)(H,17,18)/t9-/m0/s1. The SMILES string of the molecule is CC(=O)N(CCC(C)(C)C)[C@@H](CC(N)=O)C(=O)O. The predicted octanol–water partition coefficient (Wildman–Crippen LogP) is 0.600. The van der Waals surface area contributed by atoms with Crippen molar-refractivity contribution in [2.75, 3.05) is 6.54 Å². The molecule has 0 rings (SSSR count). The molecule has 0 aromatic heterocycles. The summed E-state index contributed by atoms with van der Waals surface area (Å²) in [6.45, 7) is 7.57. The normalized spacial score (nSPS) is 12.9. The summed E-state index contributed by atoms with van der Waals surface area (Å²) in [6.07, 6.45) is 0.286. The van der Waals surface area contributed by atoms with E-state index in [1.54, 1.807) is 0 Å². The zero-order valence-corrected chi connectivity index (χ0v) is 11.4. The van der Waals surface area contributed by atoms with Gasteiger partial charge in [-0.1, -0.05) is 20.8 Å². The number of nitrogens with two attached hydrogens (primary N) is 1. The van der Waals surface area contributed by atoms with Gasteiger partial charge in [0, 0.05) is 13.5 Å². The van der Waals surface area contributed by atoms with Crippen LogP contribution in [0.15, 0.2) is 0 Å². The maximum Gasteiger partial charge on any atom is 0.326 e. The van der Waals surface area contributed by atoms with Crippen molar-refractivity contribution in [1.29, 1.82) is 0 Å². The van der Waals surface area contributed by atoms with Crippen molar-refractivity contribution < 1.29 is 19.5 Å². The van der Waals surface area contributed by atoms with Crippen LogP contribution in [0.1, 0.15) is 40.5 Å². The van der Waals surface area contributed by atoms with Crippen molar-refractivity contribution in [2.45, 2.75) is 46.6 Å². The molecule has 6 heteroatoms. The van der Waals surface area contributed by atoms with Gasteiger partial charge < -0.3 is 15.7 Å². The molecule has 0 radical (unpaired) electrons. The van der Waals surface area contributed by atoms with Crippen LogP contribution in [-0.4, -0.2) is 40.4 Å². The highest BCUT2D eigenvalue weighted by Crippen LogP contribution is 2.20. The molecular formula is C12H22N2O4. The zero-order valence-electron chi connectivity index (χ0n) is 11.4. The predicted molar refractivity (Wildman–Crippen MR) is 66.7 cm³/mol. The summed E-state index contributed by atoms with van der Waals surface area (Å²) in [5.74, 6) is -2.31. The van der Waals surface area contributed by atoms with Crippen LogP contribution < -0.4 is 5.73 Å². The van der Waals surface area contributed by atoms with Gasteiger partial charge in [0.05, 0.1) is 6.42 Å². The van der Waals surface area contributed by atoms with Gasteiger partial charge in [-0.2, -0.15) is 0 Å². The molecule has 0 aliphatic rings. The first-order chi connectivity index (χ1) is 8.04. The first-order valence-corrected chi connectivity index (χ1v) is 5.83. The third-order valence-electron chi connectivity index (χ3n) is 2.56. The molecule has 0 unspecified atom stereocenters. The number of nitrogens with zero attached hydrogens (tertiary/aromatic N) is 1. The van der Waals surface area contributed by atoms with Gasteiger partial charge in [-0.15, -0.1) is 0 Å². The van der Waals surface area contributed by atoms with Crippen LogP contribution in [0.3, 0.4) is 0 Å². The van der Waals surface area contributed by atoms with E-state index in [1.165, 1.54) is 11.8 Å². The molecule has 0 fully saturated rings. The Hall–Kier alpha value is -1.59. The Morgan fingerprint density at radius 2 is 1.78 bits per heavy atom. The van der Waals surface area contributed by atoms with Crippen LogP contribution in [0.5, 0.6) is 0 Å². The van der Waals surface area contributed by atoms with E-state index in [0.29, 0.717) is 13.0 Å².